The second-order valence-electron chi connectivity index (χ2n) is 5.20. The van der Waals surface area contributed by atoms with Crippen LogP contribution in [0.5, 0.6) is 0 Å². The summed E-state index contributed by atoms with van der Waals surface area (Å²) in [5.74, 6) is -0.131. The van der Waals surface area contributed by atoms with Gasteiger partial charge in [-0.3, -0.25) is 4.79 Å². The fraction of sp³-hybridized carbons (Fsp3) is 0.533. The van der Waals surface area contributed by atoms with Gasteiger partial charge in [-0.2, -0.15) is 0 Å². The fourth-order valence-corrected chi connectivity index (χ4v) is 3.70. The van der Waals surface area contributed by atoms with E-state index in [-0.39, 0.29) is 12.0 Å². The van der Waals surface area contributed by atoms with Crippen LogP contribution in [-0.4, -0.2) is 23.0 Å². The van der Waals surface area contributed by atoms with Crippen molar-refractivity contribution in [3.05, 3.63) is 35.7 Å². The molecule has 0 saturated heterocycles. The first-order valence-electron chi connectivity index (χ1n) is 6.52. The summed E-state index contributed by atoms with van der Waals surface area (Å²) >= 11 is 3.44. The Bertz CT molecular complexity index is 487. The zero-order valence-corrected chi connectivity index (χ0v) is 13.2. The van der Waals surface area contributed by atoms with Gasteiger partial charge in [0.15, 0.2) is 0 Å². The number of alkyl halides is 1. The Morgan fingerprint density at radius 2 is 2.11 bits per heavy atom. The van der Waals surface area contributed by atoms with E-state index in [4.69, 9.17) is 4.74 Å². The molecule has 0 saturated carbocycles. The van der Waals surface area contributed by atoms with E-state index < -0.39 is 5.41 Å². The summed E-state index contributed by atoms with van der Waals surface area (Å²) in [4.78, 5) is 12.1. The Morgan fingerprint density at radius 3 is 2.63 bits per heavy atom. The summed E-state index contributed by atoms with van der Waals surface area (Å²) in [6.07, 6.45) is 5.72. The Balaban J connectivity index is 2.28. The minimum atomic E-state index is -0.480. The van der Waals surface area contributed by atoms with Crippen LogP contribution in [0.15, 0.2) is 24.3 Å². The number of aryl methyl sites for hydroxylation is 2. The molecule has 0 spiro atoms. The molecule has 3 nitrogen and oxygen atoms in total. The Morgan fingerprint density at radius 1 is 1.47 bits per heavy atom. The number of hydrogen-bond acceptors (Lipinski definition) is 2. The lowest BCUT2D eigenvalue weighted by Crippen LogP contribution is -2.30. The first-order valence-corrected chi connectivity index (χ1v) is 7.64. The first kappa shape index (κ1) is 14.4. The molecule has 0 amide bonds. The third kappa shape index (κ3) is 2.50. The summed E-state index contributed by atoms with van der Waals surface area (Å²) < 4.78 is 7.28. The van der Waals surface area contributed by atoms with Crippen molar-refractivity contribution in [3.8, 4) is 0 Å². The number of nitrogens with zero attached hydrogens (tertiary/aromatic N) is 1. The molecule has 0 bridgehead atoms. The average Bonchev–Trinajstić information content (AvgIpc) is 2.94. The molecule has 0 radical (unpaired) electrons. The lowest BCUT2D eigenvalue weighted by molar-refractivity contribution is -0.150. The number of carbonyl (C=O) groups is 1. The van der Waals surface area contributed by atoms with Gasteiger partial charge >= 0.3 is 5.97 Å². The van der Waals surface area contributed by atoms with Crippen LogP contribution in [-0.2, 0) is 9.53 Å². The first-order chi connectivity index (χ1) is 9.04. The monoisotopic (exact) mass is 325 g/mol. The number of allylic oxidation sites excluding steroid dienone is 1. The Labute approximate surface area is 122 Å². The van der Waals surface area contributed by atoms with Gasteiger partial charge in [0.05, 0.1) is 18.6 Å². The lowest BCUT2D eigenvalue weighted by Gasteiger charge is -2.26. The number of methoxy groups -OCH3 is 1. The average molecular weight is 326 g/mol. The second kappa shape index (κ2) is 5.53. The number of carbonyl (C=O) groups excluding carboxylic acids is 1. The third-order valence-corrected chi connectivity index (χ3v) is 4.40. The number of halogens is 1. The third-order valence-electron chi connectivity index (χ3n) is 4.00. The van der Waals surface area contributed by atoms with Gasteiger partial charge in [-0.25, -0.2) is 0 Å². The highest BCUT2D eigenvalue weighted by Crippen LogP contribution is 2.43. The van der Waals surface area contributed by atoms with Crippen molar-refractivity contribution < 1.29 is 9.53 Å². The minimum absolute atomic E-state index is 0.131. The van der Waals surface area contributed by atoms with Crippen molar-refractivity contribution in [1.29, 1.82) is 0 Å². The van der Waals surface area contributed by atoms with Gasteiger partial charge in [-0.15, -0.1) is 0 Å². The van der Waals surface area contributed by atoms with Crippen molar-refractivity contribution in [2.45, 2.75) is 32.7 Å². The molecule has 4 heteroatoms. The highest BCUT2D eigenvalue weighted by Gasteiger charge is 2.42. The molecule has 2 rings (SSSR count). The smallest absolute Gasteiger partial charge is 0.315 e. The van der Waals surface area contributed by atoms with Crippen molar-refractivity contribution in [3.63, 3.8) is 0 Å². The molecule has 1 aromatic heterocycles. The summed E-state index contributed by atoms with van der Waals surface area (Å²) in [6, 6.07) is 4.48. The zero-order chi connectivity index (χ0) is 14.0. The van der Waals surface area contributed by atoms with Crippen molar-refractivity contribution in [1.82, 2.24) is 4.57 Å². The summed E-state index contributed by atoms with van der Waals surface area (Å²) in [5, 5.41) is 0.794. The molecule has 19 heavy (non-hydrogen) atoms. The van der Waals surface area contributed by atoms with Crippen LogP contribution in [0.3, 0.4) is 0 Å². The van der Waals surface area contributed by atoms with Crippen molar-refractivity contribution in [2.24, 2.45) is 5.41 Å². The van der Waals surface area contributed by atoms with Gasteiger partial charge in [-0.1, -0.05) is 28.1 Å². The molecule has 0 N–H and O–H groups in total. The van der Waals surface area contributed by atoms with Crippen LogP contribution in [0.25, 0.3) is 0 Å². The Hall–Kier alpha value is -1.03. The molecular weight excluding hydrogens is 306 g/mol. The van der Waals surface area contributed by atoms with E-state index in [1.165, 1.54) is 18.5 Å². The van der Waals surface area contributed by atoms with Gasteiger partial charge in [0.25, 0.3) is 0 Å². The molecule has 0 aromatic carbocycles. The van der Waals surface area contributed by atoms with Crippen LogP contribution in [0.2, 0.25) is 0 Å². The van der Waals surface area contributed by atoms with E-state index in [1.54, 1.807) is 0 Å². The number of aromatic nitrogens is 1. The molecule has 104 valence electrons. The number of esters is 1. The highest BCUT2D eigenvalue weighted by molar-refractivity contribution is 9.09. The van der Waals surface area contributed by atoms with Crippen molar-refractivity contribution in [2.75, 3.05) is 12.4 Å². The second-order valence-corrected chi connectivity index (χ2v) is 6.00. The Kier molecular flexibility index (Phi) is 4.19. The van der Waals surface area contributed by atoms with Crippen LogP contribution in [0, 0.1) is 19.3 Å². The molecule has 0 aliphatic heterocycles. The van der Waals surface area contributed by atoms with Gasteiger partial charge in [-0.05, 0) is 38.8 Å². The van der Waals surface area contributed by atoms with E-state index in [0.717, 1.165) is 18.2 Å². The molecule has 0 unspecified atom stereocenters. The SMILES string of the molecule is COC(=O)[C@@]1(CCBr)C=C[C@@H](n2c(C)ccc2C)C1. The summed E-state index contributed by atoms with van der Waals surface area (Å²) in [7, 11) is 1.46. The number of hydrogen-bond donors (Lipinski definition) is 0. The predicted molar refractivity (Wildman–Crippen MR) is 79.6 cm³/mol. The normalized spacial score (nSPS) is 25.8. The van der Waals surface area contributed by atoms with E-state index in [0.29, 0.717) is 0 Å². The topological polar surface area (TPSA) is 31.2 Å². The van der Waals surface area contributed by atoms with E-state index in [1.807, 2.05) is 6.08 Å². The molecule has 1 heterocycles. The largest absolute Gasteiger partial charge is 0.468 e. The maximum absolute atomic E-state index is 12.1. The predicted octanol–water partition coefficient (Wildman–Crippen LogP) is 3.55. The molecule has 0 fully saturated rings. The highest BCUT2D eigenvalue weighted by atomic mass is 79.9. The molecule has 1 aliphatic rings. The van der Waals surface area contributed by atoms with Crippen LogP contribution < -0.4 is 0 Å². The number of rotatable bonds is 4. The molecule has 1 aliphatic carbocycles. The van der Waals surface area contributed by atoms with Gasteiger partial charge in [0, 0.05) is 16.7 Å². The summed E-state index contributed by atoms with van der Waals surface area (Å²) in [5.41, 5.74) is 1.98. The van der Waals surface area contributed by atoms with E-state index >= 15 is 0 Å². The van der Waals surface area contributed by atoms with Crippen molar-refractivity contribution >= 4 is 21.9 Å². The number of ether oxygens (including phenoxy) is 1. The van der Waals surface area contributed by atoms with Gasteiger partial charge in [0.1, 0.15) is 0 Å². The molecule has 1 aromatic rings. The summed E-state index contributed by atoms with van der Waals surface area (Å²) in [6.45, 7) is 4.20. The fourth-order valence-electron chi connectivity index (χ4n) is 3.00. The maximum Gasteiger partial charge on any atom is 0.315 e. The van der Waals surface area contributed by atoms with Gasteiger partial charge < -0.3 is 9.30 Å². The van der Waals surface area contributed by atoms with Crippen LogP contribution >= 0.6 is 15.9 Å². The zero-order valence-electron chi connectivity index (χ0n) is 11.6. The maximum atomic E-state index is 12.1. The van der Waals surface area contributed by atoms with Crippen LogP contribution in [0.4, 0.5) is 0 Å². The van der Waals surface area contributed by atoms with Gasteiger partial charge in [0.2, 0.25) is 0 Å². The molecule has 2 atom stereocenters. The van der Waals surface area contributed by atoms with E-state index in [9.17, 15) is 4.79 Å². The standard InChI is InChI=1S/C15H20BrNO2/c1-11-4-5-12(2)17(11)13-6-7-15(10-13,8-9-16)14(18)19-3/h4-7,13H,8-10H2,1-3H3/t13-,15-/m1/s1. The quantitative estimate of drug-likeness (QED) is 0.481. The lowest BCUT2D eigenvalue weighted by atomic mass is 9.84. The molecular formula is C15H20BrNO2. The van der Waals surface area contributed by atoms with E-state index in [2.05, 4.69) is 52.6 Å². The minimum Gasteiger partial charge on any atom is -0.468 e. The van der Waals surface area contributed by atoms with Crippen LogP contribution in [0.1, 0.15) is 30.3 Å².